The van der Waals surface area contributed by atoms with Gasteiger partial charge in [-0.3, -0.25) is 4.72 Å². The Balaban J connectivity index is 1.63. The summed E-state index contributed by atoms with van der Waals surface area (Å²) in [6.45, 7) is 0. The first-order chi connectivity index (χ1) is 13.3. The molecule has 0 saturated heterocycles. The fourth-order valence-corrected chi connectivity index (χ4v) is 4.42. The summed E-state index contributed by atoms with van der Waals surface area (Å²) in [6, 6.07) is 15.6. The number of hydrogen-bond acceptors (Lipinski definition) is 5. The smallest absolute Gasteiger partial charge is 0.336 e. The van der Waals surface area contributed by atoms with Crippen molar-refractivity contribution < 1.29 is 23.1 Å². The number of rotatable bonds is 6. The number of carboxylic acid groups (broad SMARTS) is 1. The van der Waals surface area contributed by atoms with Gasteiger partial charge in [-0.05, 0) is 42.5 Å². The summed E-state index contributed by atoms with van der Waals surface area (Å²) in [5.41, 5.74) is 1.30. The van der Waals surface area contributed by atoms with E-state index in [1.807, 2.05) is 6.07 Å². The number of hydrogen-bond donors (Lipinski definition) is 4. The Labute approximate surface area is 164 Å². The number of para-hydroxylation sites is 1. The minimum atomic E-state index is -3.90. The molecule has 144 valence electrons. The molecule has 0 aliphatic heterocycles. The second kappa shape index (κ2) is 8.11. The molecule has 0 unspecified atom stereocenters. The van der Waals surface area contributed by atoms with E-state index in [-0.39, 0.29) is 15.5 Å². The summed E-state index contributed by atoms with van der Waals surface area (Å²) in [6.07, 6.45) is 0. The molecule has 8 nitrogen and oxygen atoms in total. The highest BCUT2D eigenvalue weighted by Gasteiger charge is 2.19. The first-order valence-corrected chi connectivity index (χ1v) is 10.3. The van der Waals surface area contributed by atoms with Crippen molar-refractivity contribution in [1.82, 2.24) is 0 Å². The second-order valence-corrected chi connectivity index (χ2v) is 8.41. The number of carboxylic acids is 1. The molecule has 0 bridgehead atoms. The van der Waals surface area contributed by atoms with E-state index in [0.717, 1.165) is 17.4 Å². The molecule has 0 radical (unpaired) electrons. The van der Waals surface area contributed by atoms with Crippen LogP contribution in [-0.2, 0) is 10.0 Å². The molecule has 0 aliphatic rings. The Morgan fingerprint density at radius 2 is 1.43 bits per heavy atom. The SMILES string of the molecule is O=C(Nc1ccccc1)Nc1ccc(NS(=O)(=O)c2cc(C(=O)O)cs2)cc1. The van der Waals surface area contributed by atoms with E-state index < -0.39 is 22.0 Å². The van der Waals surface area contributed by atoms with Crippen LogP contribution in [0.4, 0.5) is 21.9 Å². The zero-order chi connectivity index (χ0) is 20.1. The zero-order valence-corrected chi connectivity index (χ0v) is 15.9. The molecule has 10 heteroatoms. The summed E-state index contributed by atoms with van der Waals surface area (Å²) in [7, 11) is -3.90. The summed E-state index contributed by atoms with van der Waals surface area (Å²) < 4.78 is 26.9. The van der Waals surface area contributed by atoms with Crippen molar-refractivity contribution in [2.75, 3.05) is 15.4 Å². The summed E-state index contributed by atoms with van der Waals surface area (Å²) in [5, 5.41) is 15.5. The fourth-order valence-electron chi connectivity index (χ4n) is 2.21. The van der Waals surface area contributed by atoms with Gasteiger partial charge in [-0.15, -0.1) is 11.3 Å². The van der Waals surface area contributed by atoms with Gasteiger partial charge >= 0.3 is 12.0 Å². The largest absolute Gasteiger partial charge is 0.478 e. The minimum absolute atomic E-state index is 0.0886. The lowest BCUT2D eigenvalue weighted by Crippen LogP contribution is -2.19. The maximum Gasteiger partial charge on any atom is 0.336 e. The maximum atomic E-state index is 12.3. The number of carbonyl (C=O) groups is 2. The molecule has 3 aromatic rings. The lowest BCUT2D eigenvalue weighted by atomic mass is 10.3. The van der Waals surface area contributed by atoms with Crippen LogP contribution >= 0.6 is 11.3 Å². The lowest BCUT2D eigenvalue weighted by Gasteiger charge is -2.09. The summed E-state index contributed by atoms with van der Waals surface area (Å²) >= 11 is 0.820. The quantitative estimate of drug-likeness (QED) is 0.484. The molecule has 1 heterocycles. The topological polar surface area (TPSA) is 125 Å². The molecule has 2 aromatic carbocycles. The van der Waals surface area contributed by atoms with E-state index in [1.165, 1.54) is 17.5 Å². The number of urea groups is 1. The van der Waals surface area contributed by atoms with Gasteiger partial charge in [0.25, 0.3) is 10.0 Å². The molecule has 28 heavy (non-hydrogen) atoms. The summed E-state index contributed by atoms with van der Waals surface area (Å²) in [5.74, 6) is -1.19. The standard InChI is InChI=1S/C18H15N3O5S2/c22-17(23)12-10-16(27-11-12)28(25,26)21-15-8-6-14(7-9-15)20-18(24)19-13-4-2-1-3-5-13/h1-11,21H,(H,22,23)(H2,19,20,24). The zero-order valence-electron chi connectivity index (χ0n) is 14.2. The fraction of sp³-hybridized carbons (Fsp3) is 0. The van der Waals surface area contributed by atoms with Gasteiger partial charge < -0.3 is 15.7 Å². The normalized spacial score (nSPS) is 10.9. The number of aromatic carboxylic acids is 1. The van der Waals surface area contributed by atoms with Crippen molar-refractivity contribution in [2.24, 2.45) is 0 Å². The van der Waals surface area contributed by atoms with Crippen molar-refractivity contribution in [2.45, 2.75) is 4.21 Å². The third kappa shape index (κ3) is 4.87. The van der Waals surface area contributed by atoms with E-state index in [1.54, 1.807) is 36.4 Å². The van der Waals surface area contributed by atoms with Crippen molar-refractivity contribution >= 4 is 50.4 Å². The van der Waals surface area contributed by atoms with E-state index in [9.17, 15) is 18.0 Å². The molecular weight excluding hydrogens is 402 g/mol. The average molecular weight is 417 g/mol. The van der Waals surface area contributed by atoms with Crippen molar-refractivity contribution in [3.05, 3.63) is 71.6 Å². The van der Waals surface area contributed by atoms with Crippen LogP contribution in [0.1, 0.15) is 10.4 Å². The molecule has 0 saturated carbocycles. The minimum Gasteiger partial charge on any atom is -0.478 e. The van der Waals surface area contributed by atoms with E-state index in [0.29, 0.717) is 11.4 Å². The molecule has 3 rings (SSSR count). The van der Waals surface area contributed by atoms with Gasteiger partial charge in [0.1, 0.15) is 4.21 Å². The van der Waals surface area contributed by atoms with Crippen LogP contribution in [-0.4, -0.2) is 25.5 Å². The van der Waals surface area contributed by atoms with Crippen molar-refractivity contribution in [3.8, 4) is 0 Å². The Kier molecular flexibility index (Phi) is 5.62. The Hall–Kier alpha value is -3.37. The van der Waals surface area contributed by atoms with Gasteiger partial charge in [0, 0.05) is 22.4 Å². The van der Waals surface area contributed by atoms with Gasteiger partial charge in [0.15, 0.2) is 0 Å². The number of benzene rings is 2. The number of sulfonamides is 1. The molecular formula is C18H15N3O5S2. The molecule has 2 amide bonds. The van der Waals surface area contributed by atoms with Crippen molar-refractivity contribution in [3.63, 3.8) is 0 Å². The van der Waals surface area contributed by atoms with Gasteiger partial charge in [-0.25, -0.2) is 18.0 Å². The highest BCUT2D eigenvalue weighted by molar-refractivity contribution is 7.94. The van der Waals surface area contributed by atoms with Crippen LogP contribution < -0.4 is 15.4 Å². The monoisotopic (exact) mass is 417 g/mol. The van der Waals surface area contributed by atoms with Crippen LogP contribution in [0.5, 0.6) is 0 Å². The van der Waals surface area contributed by atoms with Gasteiger partial charge in [0.2, 0.25) is 0 Å². The Morgan fingerprint density at radius 3 is 2.00 bits per heavy atom. The highest BCUT2D eigenvalue weighted by Crippen LogP contribution is 2.24. The third-order valence-corrected chi connectivity index (χ3v) is 6.33. The molecule has 0 aliphatic carbocycles. The van der Waals surface area contributed by atoms with Gasteiger partial charge in [-0.2, -0.15) is 0 Å². The third-order valence-electron chi connectivity index (χ3n) is 3.51. The highest BCUT2D eigenvalue weighted by atomic mass is 32.2. The second-order valence-electron chi connectivity index (χ2n) is 5.59. The first-order valence-electron chi connectivity index (χ1n) is 7.91. The van der Waals surface area contributed by atoms with Crippen LogP contribution in [0.3, 0.4) is 0 Å². The van der Waals surface area contributed by atoms with Gasteiger partial charge in [0.05, 0.1) is 5.56 Å². The number of anilines is 3. The lowest BCUT2D eigenvalue weighted by molar-refractivity contribution is 0.0697. The molecule has 4 N–H and O–H groups in total. The van der Waals surface area contributed by atoms with Crippen LogP contribution in [0.25, 0.3) is 0 Å². The molecule has 0 spiro atoms. The van der Waals surface area contributed by atoms with Gasteiger partial charge in [-0.1, -0.05) is 18.2 Å². The van der Waals surface area contributed by atoms with Crippen LogP contribution in [0.15, 0.2) is 70.3 Å². The Bertz CT molecular complexity index is 1090. The average Bonchev–Trinajstić information content (AvgIpc) is 3.15. The molecule has 1 aromatic heterocycles. The maximum absolute atomic E-state index is 12.3. The predicted molar refractivity (Wildman–Crippen MR) is 108 cm³/mol. The number of nitrogens with one attached hydrogen (secondary N) is 3. The summed E-state index contributed by atoms with van der Waals surface area (Å²) in [4.78, 5) is 22.8. The number of carbonyl (C=O) groups excluding carboxylic acids is 1. The number of amides is 2. The first kappa shape index (κ1) is 19.4. The van der Waals surface area contributed by atoms with E-state index >= 15 is 0 Å². The van der Waals surface area contributed by atoms with E-state index in [2.05, 4.69) is 15.4 Å². The van der Waals surface area contributed by atoms with Crippen LogP contribution in [0.2, 0.25) is 0 Å². The van der Waals surface area contributed by atoms with Crippen molar-refractivity contribution in [1.29, 1.82) is 0 Å². The Morgan fingerprint density at radius 1 is 0.857 bits per heavy atom. The van der Waals surface area contributed by atoms with Crippen LogP contribution in [0, 0.1) is 0 Å². The van der Waals surface area contributed by atoms with E-state index in [4.69, 9.17) is 5.11 Å². The molecule has 0 fully saturated rings. The molecule has 0 atom stereocenters. The predicted octanol–water partition coefficient (Wildman–Crippen LogP) is 3.89. The number of thiophene rings is 1.